The number of nitrogens with two attached hydrogens (primary N) is 1. The van der Waals surface area contributed by atoms with Crippen LogP contribution in [0.25, 0.3) is 66.4 Å². The minimum absolute atomic E-state index is 0.00393. The number of rotatable bonds is 6. The molecule has 0 saturated carbocycles. The molecule has 0 spiro atoms. The van der Waals surface area contributed by atoms with Gasteiger partial charge >= 0.3 is 0 Å². The van der Waals surface area contributed by atoms with Gasteiger partial charge in [-0.15, -0.1) is 6.58 Å². The third-order valence-electron chi connectivity index (χ3n) is 9.99. The van der Waals surface area contributed by atoms with Crippen LogP contribution in [0, 0.1) is 0 Å². The summed E-state index contributed by atoms with van der Waals surface area (Å²) in [5.74, 6) is 0.00393. The van der Waals surface area contributed by atoms with Crippen LogP contribution in [0.3, 0.4) is 0 Å². The lowest BCUT2D eigenvalue weighted by Gasteiger charge is -2.32. The van der Waals surface area contributed by atoms with Crippen LogP contribution in [0.15, 0.2) is 156 Å². The zero-order chi connectivity index (χ0) is 32.4. The minimum atomic E-state index is -0.112. The minimum Gasteiger partial charge on any atom is -0.455 e. The molecule has 1 aliphatic carbocycles. The molecule has 0 fully saturated rings. The average molecular weight is 622 g/mol. The van der Waals surface area contributed by atoms with Gasteiger partial charge < -0.3 is 19.3 Å². The number of hydrogen-bond acceptors (Lipinski definition) is 2. The molecule has 2 unspecified atom stereocenters. The van der Waals surface area contributed by atoms with Gasteiger partial charge in [0.2, 0.25) is 0 Å². The van der Waals surface area contributed by atoms with E-state index in [-0.39, 0.29) is 12.0 Å². The van der Waals surface area contributed by atoms with Gasteiger partial charge in [0.05, 0.1) is 22.5 Å². The molecule has 1 aliphatic rings. The lowest BCUT2D eigenvalue weighted by Crippen LogP contribution is -2.26. The SMILES string of the molecule is C=CCc1c(/C=C\C)n(C2C(N)=CC=CC2c2ccc3c4c5oc6ccccc6c5ccc4n(-c4ccccc4)c3c2)c2ccccc12. The molecular weight excluding hydrogens is 587 g/mol. The highest BCUT2D eigenvalue weighted by atomic mass is 16.3. The fraction of sp³-hybridized carbons (Fsp3) is 0.0909. The second kappa shape index (κ2) is 11.1. The summed E-state index contributed by atoms with van der Waals surface area (Å²) in [4.78, 5) is 0. The molecule has 3 aromatic heterocycles. The molecule has 0 saturated heterocycles. The highest BCUT2D eigenvalue weighted by Crippen LogP contribution is 2.45. The molecule has 5 aromatic carbocycles. The van der Waals surface area contributed by atoms with Gasteiger partial charge in [-0.1, -0.05) is 91.0 Å². The Balaban J connectivity index is 1.32. The Morgan fingerprint density at radius 2 is 1.56 bits per heavy atom. The fourth-order valence-corrected chi connectivity index (χ4v) is 8.01. The van der Waals surface area contributed by atoms with E-state index >= 15 is 0 Å². The van der Waals surface area contributed by atoms with Crippen molar-refractivity contribution in [2.75, 3.05) is 0 Å². The summed E-state index contributed by atoms with van der Waals surface area (Å²) in [5.41, 5.74) is 17.9. The summed E-state index contributed by atoms with van der Waals surface area (Å²) in [5, 5.41) is 5.80. The van der Waals surface area contributed by atoms with Gasteiger partial charge in [0, 0.05) is 50.1 Å². The topological polar surface area (TPSA) is 49.0 Å². The molecular formula is C44H35N3O. The van der Waals surface area contributed by atoms with Crippen LogP contribution < -0.4 is 5.73 Å². The first-order valence-corrected chi connectivity index (χ1v) is 16.6. The maximum Gasteiger partial charge on any atom is 0.145 e. The molecule has 8 aromatic rings. The van der Waals surface area contributed by atoms with Crippen molar-refractivity contribution < 1.29 is 4.42 Å². The Morgan fingerprint density at radius 3 is 2.40 bits per heavy atom. The number of aromatic nitrogens is 2. The fourth-order valence-electron chi connectivity index (χ4n) is 8.01. The molecule has 3 heterocycles. The smallest absolute Gasteiger partial charge is 0.145 e. The molecule has 2 N–H and O–H groups in total. The first kappa shape index (κ1) is 28.2. The van der Waals surface area contributed by atoms with E-state index in [0.29, 0.717) is 0 Å². The summed E-state index contributed by atoms with van der Waals surface area (Å²) in [6, 6.07) is 38.8. The largest absolute Gasteiger partial charge is 0.455 e. The van der Waals surface area contributed by atoms with Gasteiger partial charge in [0.25, 0.3) is 0 Å². The first-order valence-electron chi connectivity index (χ1n) is 16.6. The standard InChI is InChI=1S/C44H35N3O/c1-3-13-31-32-17-8-10-21-38(32)47(37(31)14-4-2)43-30(19-12-20-36(43)45)28-23-24-35-40(27-28)46(29-15-6-5-7-16-29)39-26-25-34-33-18-9-11-22-41(33)48-44(34)42(35)39/h3-12,14-27,30,43H,1,13,45H2,2H3/b14-4-. The number of allylic oxidation sites excluding steroid dienone is 6. The van der Waals surface area contributed by atoms with Crippen molar-refractivity contribution in [3.8, 4) is 5.69 Å². The molecule has 0 aliphatic heterocycles. The van der Waals surface area contributed by atoms with Crippen LogP contribution in [0.5, 0.6) is 0 Å². The number of hydrogen-bond donors (Lipinski definition) is 1. The zero-order valence-electron chi connectivity index (χ0n) is 26.8. The predicted octanol–water partition coefficient (Wildman–Crippen LogP) is 11.1. The zero-order valence-corrected chi connectivity index (χ0v) is 26.8. The summed E-state index contributed by atoms with van der Waals surface area (Å²) >= 11 is 0. The number of fused-ring (bicyclic) bond motifs is 8. The maximum atomic E-state index is 7.00. The Bertz CT molecular complexity index is 2640. The summed E-state index contributed by atoms with van der Waals surface area (Å²) in [6.07, 6.45) is 13.6. The predicted molar refractivity (Wildman–Crippen MR) is 202 cm³/mol. The van der Waals surface area contributed by atoms with Gasteiger partial charge in [0.15, 0.2) is 0 Å². The van der Waals surface area contributed by atoms with Crippen molar-refractivity contribution in [3.63, 3.8) is 0 Å². The number of nitrogens with zero attached hydrogens (tertiary/aromatic N) is 2. The van der Waals surface area contributed by atoms with Crippen molar-refractivity contribution in [2.24, 2.45) is 5.73 Å². The maximum absolute atomic E-state index is 7.00. The van der Waals surface area contributed by atoms with Crippen LogP contribution in [-0.4, -0.2) is 9.13 Å². The molecule has 9 rings (SSSR count). The molecule has 232 valence electrons. The van der Waals surface area contributed by atoms with Crippen LogP contribution in [0.1, 0.15) is 35.7 Å². The molecule has 48 heavy (non-hydrogen) atoms. The van der Waals surface area contributed by atoms with E-state index in [1.165, 1.54) is 27.7 Å². The van der Waals surface area contributed by atoms with E-state index in [9.17, 15) is 0 Å². The molecule has 2 atom stereocenters. The highest BCUT2D eigenvalue weighted by molar-refractivity contribution is 6.23. The van der Waals surface area contributed by atoms with Gasteiger partial charge in [-0.2, -0.15) is 0 Å². The normalized spacial score (nSPS) is 16.6. The van der Waals surface area contributed by atoms with Crippen LogP contribution in [0.2, 0.25) is 0 Å². The van der Waals surface area contributed by atoms with Crippen LogP contribution in [0.4, 0.5) is 0 Å². The molecule has 0 amide bonds. The number of para-hydroxylation sites is 3. The highest BCUT2D eigenvalue weighted by Gasteiger charge is 2.31. The second-order valence-electron chi connectivity index (χ2n) is 12.6. The van der Waals surface area contributed by atoms with Crippen molar-refractivity contribution in [2.45, 2.75) is 25.3 Å². The van der Waals surface area contributed by atoms with Gasteiger partial charge in [-0.05, 0) is 79.1 Å². The first-order chi connectivity index (χ1) is 23.7. The number of benzene rings is 5. The molecule has 0 bridgehead atoms. The van der Waals surface area contributed by atoms with E-state index in [1.54, 1.807) is 0 Å². The third kappa shape index (κ3) is 4.09. The van der Waals surface area contributed by atoms with Crippen molar-refractivity contribution in [1.82, 2.24) is 9.13 Å². The molecule has 4 nitrogen and oxygen atoms in total. The van der Waals surface area contributed by atoms with E-state index in [0.717, 1.165) is 61.5 Å². The van der Waals surface area contributed by atoms with Crippen molar-refractivity contribution in [3.05, 3.63) is 169 Å². The van der Waals surface area contributed by atoms with E-state index < -0.39 is 0 Å². The summed E-state index contributed by atoms with van der Waals surface area (Å²) in [7, 11) is 0. The van der Waals surface area contributed by atoms with Crippen LogP contribution >= 0.6 is 0 Å². The Morgan fingerprint density at radius 1 is 0.792 bits per heavy atom. The Hall–Kier alpha value is -6.00. The summed E-state index contributed by atoms with van der Waals surface area (Å²) in [6.45, 7) is 6.16. The van der Waals surface area contributed by atoms with Gasteiger partial charge in [-0.3, -0.25) is 0 Å². The third-order valence-corrected chi connectivity index (χ3v) is 9.99. The van der Waals surface area contributed by atoms with E-state index in [1.807, 2.05) is 12.1 Å². The van der Waals surface area contributed by atoms with Gasteiger partial charge in [-0.25, -0.2) is 0 Å². The quantitative estimate of drug-likeness (QED) is 0.188. The van der Waals surface area contributed by atoms with Crippen LogP contribution in [-0.2, 0) is 6.42 Å². The van der Waals surface area contributed by atoms with Gasteiger partial charge in [0.1, 0.15) is 11.2 Å². The molecule has 4 heteroatoms. The monoisotopic (exact) mass is 621 g/mol. The number of furan rings is 1. The Kier molecular flexibility index (Phi) is 6.51. The lowest BCUT2D eigenvalue weighted by atomic mass is 9.85. The van der Waals surface area contributed by atoms with Crippen molar-refractivity contribution >= 4 is 60.7 Å². The van der Waals surface area contributed by atoms with Crippen molar-refractivity contribution in [1.29, 1.82) is 0 Å². The summed E-state index contributed by atoms with van der Waals surface area (Å²) < 4.78 is 11.4. The van der Waals surface area contributed by atoms with E-state index in [2.05, 4.69) is 156 Å². The second-order valence-corrected chi connectivity index (χ2v) is 12.6. The Labute approximate surface area is 279 Å². The van der Waals surface area contributed by atoms with E-state index in [4.69, 9.17) is 10.2 Å². The average Bonchev–Trinajstić information content (AvgIpc) is 3.76. The molecule has 0 radical (unpaired) electrons. The lowest BCUT2D eigenvalue weighted by molar-refractivity contribution is 0.524.